The molecule has 1 aromatic carbocycles. The van der Waals surface area contributed by atoms with Gasteiger partial charge in [-0.2, -0.15) is 0 Å². The Hall–Kier alpha value is -3.20. The van der Waals surface area contributed by atoms with Gasteiger partial charge in [-0.1, -0.05) is 23.7 Å². The highest BCUT2D eigenvalue weighted by molar-refractivity contribution is 6.30. The fourth-order valence-electron chi connectivity index (χ4n) is 4.41. The highest BCUT2D eigenvalue weighted by atomic mass is 35.5. The van der Waals surface area contributed by atoms with Crippen LogP contribution in [0.15, 0.2) is 36.8 Å². The van der Waals surface area contributed by atoms with Crippen LogP contribution in [0.1, 0.15) is 18.4 Å². The van der Waals surface area contributed by atoms with Crippen molar-refractivity contribution < 1.29 is 14.0 Å². The number of piperidine rings is 1. The Morgan fingerprint density at radius 3 is 2.94 bits per heavy atom. The Kier molecular flexibility index (Phi) is 4.77. The highest BCUT2D eigenvalue weighted by Crippen LogP contribution is 2.48. The zero-order valence-corrected chi connectivity index (χ0v) is 17.2. The molecule has 0 radical (unpaired) electrons. The molecule has 1 aliphatic heterocycles. The first-order valence-corrected chi connectivity index (χ1v) is 10.4. The Morgan fingerprint density at radius 2 is 2.10 bits per heavy atom. The molecule has 2 aliphatic rings. The number of nitrogens with one attached hydrogen (secondary N) is 1. The second kappa shape index (κ2) is 7.49. The van der Waals surface area contributed by atoms with Gasteiger partial charge in [0.15, 0.2) is 0 Å². The predicted octanol–water partition coefficient (Wildman–Crippen LogP) is 2.11. The molecule has 1 saturated carbocycles. The van der Waals surface area contributed by atoms with Crippen molar-refractivity contribution in [1.82, 2.24) is 24.8 Å². The largest absolute Gasteiger partial charge is 0.383 e. The Balaban J connectivity index is 1.30. The van der Waals surface area contributed by atoms with E-state index in [1.807, 2.05) is 0 Å². The summed E-state index contributed by atoms with van der Waals surface area (Å²) in [6.45, 7) is 0.0629. The first-order valence-electron chi connectivity index (χ1n) is 10.0. The molecule has 10 heteroatoms. The van der Waals surface area contributed by atoms with Crippen molar-refractivity contribution in [2.24, 2.45) is 5.92 Å². The molecule has 31 heavy (non-hydrogen) atoms. The van der Waals surface area contributed by atoms with Crippen molar-refractivity contribution in [3.8, 4) is 0 Å². The van der Waals surface area contributed by atoms with Crippen molar-refractivity contribution in [2.75, 3.05) is 5.73 Å². The van der Waals surface area contributed by atoms with Gasteiger partial charge in [0.05, 0.1) is 10.4 Å². The number of carbonyl (C=O) groups excluding carboxylic acids is 2. The van der Waals surface area contributed by atoms with Gasteiger partial charge >= 0.3 is 0 Å². The topological polar surface area (TPSA) is 106 Å². The molecule has 0 unspecified atom stereocenters. The fraction of sp³-hybridized carbons (Fsp3) is 0.333. The van der Waals surface area contributed by atoms with Gasteiger partial charge in [0.1, 0.15) is 36.2 Å². The predicted molar refractivity (Wildman–Crippen MR) is 112 cm³/mol. The minimum atomic E-state index is -0.569. The van der Waals surface area contributed by atoms with Gasteiger partial charge in [0.25, 0.3) is 0 Å². The van der Waals surface area contributed by atoms with Crippen molar-refractivity contribution >= 4 is 40.3 Å². The summed E-state index contributed by atoms with van der Waals surface area (Å²) in [6.07, 6.45) is 4.61. The molecule has 1 aliphatic carbocycles. The molecular weight excluding hydrogens is 423 g/mol. The first kappa shape index (κ1) is 19.7. The summed E-state index contributed by atoms with van der Waals surface area (Å²) in [7, 11) is 0. The van der Waals surface area contributed by atoms with Crippen LogP contribution >= 0.6 is 11.6 Å². The number of nitrogens with two attached hydrogens (primary N) is 1. The van der Waals surface area contributed by atoms with E-state index in [1.165, 1.54) is 12.4 Å². The number of aromatic nitrogens is 3. The van der Waals surface area contributed by atoms with Crippen LogP contribution in [0.5, 0.6) is 0 Å². The Bertz CT molecular complexity index is 1200. The molecule has 8 nitrogen and oxygen atoms in total. The molecule has 5 rings (SSSR count). The summed E-state index contributed by atoms with van der Waals surface area (Å²) in [5.41, 5.74) is 6.74. The molecule has 3 heterocycles. The van der Waals surface area contributed by atoms with E-state index in [1.54, 1.807) is 33.9 Å². The van der Waals surface area contributed by atoms with E-state index in [-0.39, 0.29) is 36.0 Å². The number of hydrogen-bond donors (Lipinski definition) is 2. The summed E-state index contributed by atoms with van der Waals surface area (Å²) in [5.74, 6) is -0.308. The quantitative estimate of drug-likeness (QED) is 0.629. The normalized spacial score (nSPS) is 21.9. The standard InChI is InChI=1S/C21H20ClFN6O2/c22-14-3-1-2-11(18(14)23)8-25-21(31)16-7-12-6-15(12)29(16)17(30)9-28-5-4-13-19(24)26-10-27-20(13)28/h1-5,10,12,15-16H,6-9H2,(H,25,31)(H2,24,26,27)/t12-,15-,16+/m1/s1. The molecule has 3 aromatic rings. The van der Waals surface area contributed by atoms with Crippen molar-refractivity contribution in [1.29, 1.82) is 0 Å². The summed E-state index contributed by atoms with van der Waals surface area (Å²) in [5, 5.41) is 3.44. The minimum absolute atomic E-state index is 0.00839. The van der Waals surface area contributed by atoms with Crippen LogP contribution in [0.2, 0.25) is 5.02 Å². The number of rotatable bonds is 5. The number of nitrogens with zero attached hydrogens (tertiary/aromatic N) is 4. The minimum Gasteiger partial charge on any atom is -0.383 e. The maximum atomic E-state index is 14.1. The number of anilines is 1. The molecule has 0 bridgehead atoms. The molecule has 2 aromatic heterocycles. The van der Waals surface area contributed by atoms with Crippen LogP contribution < -0.4 is 11.1 Å². The van der Waals surface area contributed by atoms with E-state index in [0.717, 1.165) is 6.42 Å². The number of fused-ring (bicyclic) bond motifs is 2. The van der Waals surface area contributed by atoms with Crippen molar-refractivity contribution in [3.05, 3.63) is 53.2 Å². The first-order chi connectivity index (χ1) is 14.9. The van der Waals surface area contributed by atoms with E-state index in [0.29, 0.717) is 34.8 Å². The van der Waals surface area contributed by atoms with E-state index in [9.17, 15) is 14.0 Å². The average Bonchev–Trinajstić information content (AvgIpc) is 3.21. The van der Waals surface area contributed by atoms with Gasteiger partial charge in [-0.25, -0.2) is 14.4 Å². The number of halogens is 2. The molecule has 0 spiro atoms. The Labute approximate surface area is 182 Å². The molecule has 2 fully saturated rings. The zero-order chi connectivity index (χ0) is 21.7. The van der Waals surface area contributed by atoms with Crippen LogP contribution in [0, 0.1) is 11.7 Å². The van der Waals surface area contributed by atoms with Crippen LogP contribution in [-0.2, 0) is 22.7 Å². The monoisotopic (exact) mass is 442 g/mol. The number of likely N-dealkylation sites (tertiary alicyclic amines) is 1. The van der Waals surface area contributed by atoms with Crippen LogP contribution in [0.25, 0.3) is 11.0 Å². The van der Waals surface area contributed by atoms with Gasteiger partial charge in [0.2, 0.25) is 11.8 Å². The number of hydrogen-bond acceptors (Lipinski definition) is 5. The number of amides is 2. The lowest BCUT2D eigenvalue weighted by molar-refractivity contribution is -0.140. The third-order valence-electron chi connectivity index (χ3n) is 6.07. The number of benzene rings is 1. The second-order valence-corrected chi connectivity index (χ2v) is 8.39. The lowest BCUT2D eigenvalue weighted by Gasteiger charge is -2.27. The van der Waals surface area contributed by atoms with Gasteiger partial charge in [-0.05, 0) is 30.9 Å². The Morgan fingerprint density at radius 1 is 1.26 bits per heavy atom. The van der Waals surface area contributed by atoms with Gasteiger partial charge in [-0.3, -0.25) is 9.59 Å². The van der Waals surface area contributed by atoms with Gasteiger partial charge in [-0.15, -0.1) is 0 Å². The molecule has 2 amide bonds. The smallest absolute Gasteiger partial charge is 0.243 e. The van der Waals surface area contributed by atoms with Crippen LogP contribution in [-0.4, -0.2) is 43.3 Å². The summed E-state index contributed by atoms with van der Waals surface area (Å²) < 4.78 is 15.8. The number of carbonyl (C=O) groups is 2. The van der Waals surface area contributed by atoms with Gasteiger partial charge in [0, 0.05) is 24.3 Å². The summed E-state index contributed by atoms with van der Waals surface area (Å²) in [6, 6.07) is 5.93. The third-order valence-corrected chi connectivity index (χ3v) is 6.36. The molecule has 160 valence electrons. The summed E-state index contributed by atoms with van der Waals surface area (Å²) >= 11 is 5.80. The molecule has 3 atom stereocenters. The van der Waals surface area contributed by atoms with Crippen molar-refractivity contribution in [2.45, 2.75) is 38.0 Å². The maximum absolute atomic E-state index is 14.1. The SMILES string of the molecule is Nc1ncnc2c1ccn2CC(=O)N1[C@@H]2C[C@@H]2C[C@H]1C(=O)NCc1cccc(Cl)c1F. The van der Waals surface area contributed by atoms with Crippen molar-refractivity contribution in [3.63, 3.8) is 0 Å². The van der Waals surface area contributed by atoms with E-state index >= 15 is 0 Å². The average molecular weight is 443 g/mol. The lowest BCUT2D eigenvalue weighted by Crippen LogP contribution is -2.48. The van der Waals surface area contributed by atoms with E-state index < -0.39 is 11.9 Å². The zero-order valence-electron chi connectivity index (χ0n) is 16.5. The van der Waals surface area contributed by atoms with Crippen LogP contribution in [0.4, 0.5) is 10.2 Å². The fourth-order valence-corrected chi connectivity index (χ4v) is 4.61. The third kappa shape index (κ3) is 3.48. The van der Waals surface area contributed by atoms with Crippen LogP contribution in [0.3, 0.4) is 0 Å². The highest BCUT2D eigenvalue weighted by Gasteiger charge is 2.55. The molecule has 3 N–H and O–H groups in total. The lowest BCUT2D eigenvalue weighted by atomic mass is 10.1. The molecule has 1 saturated heterocycles. The second-order valence-electron chi connectivity index (χ2n) is 7.99. The van der Waals surface area contributed by atoms with Gasteiger partial charge < -0.3 is 20.5 Å². The van der Waals surface area contributed by atoms with E-state index in [4.69, 9.17) is 17.3 Å². The molecular formula is C21H20ClFN6O2. The van der Waals surface area contributed by atoms with E-state index in [2.05, 4.69) is 15.3 Å². The maximum Gasteiger partial charge on any atom is 0.243 e. The number of nitrogen functional groups attached to an aromatic ring is 1. The summed E-state index contributed by atoms with van der Waals surface area (Å²) in [4.78, 5) is 35.8.